The van der Waals surface area contributed by atoms with Crippen LogP contribution in [0, 0.1) is 0 Å². The van der Waals surface area contributed by atoms with E-state index in [4.69, 9.17) is 4.74 Å². The van der Waals surface area contributed by atoms with E-state index in [1.54, 1.807) is 69.3 Å². The number of rotatable bonds is 8. The molecule has 40 heavy (non-hydrogen) atoms. The van der Waals surface area contributed by atoms with Crippen LogP contribution in [0.5, 0.6) is 0 Å². The molecule has 0 saturated carbocycles. The number of alkyl carbamates (subject to hydrolysis) is 1. The summed E-state index contributed by atoms with van der Waals surface area (Å²) in [5.74, 6) is -2.03. The molecular weight excluding hydrogens is 512 g/mol. The first-order valence-electron chi connectivity index (χ1n) is 12.7. The highest BCUT2D eigenvalue weighted by molar-refractivity contribution is 6.23. The molecule has 3 aromatic rings. The van der Waals surface area contributed by atoms with Crippen LogP contribution in [0.4, 0.5) is 16.2 Å². The van der Waals surface area contributed by atoms with E-state index < -0.39 is 41.4 Å². The van der Waals surface area contributed by atoms with Crippen LogP contribution in [0.3, 0.4) is 0 Å². The van der Waals surface area contributed by atoms with Gasteiger partial charge in [0.1, 0.15) is 18.2 Å². The molecule has 0 fully saturated rings. The highest BCUT2D eigenvalue weighted by Crippen LogP contribution is 2.27. The Balaban J connectivity index is 1.43. The predicted octanol–water partition coefficient (Wildman–Crippen LogP) is 4.00. The Morgan fingerprint density at radius 1 is 0.775 bits per heavy atom. The van der Waals surface area contributed by atoms with Gasteiger partial charge in [0.25, 0.3) is 11.8 Å². The van der Waals surface area contributed by atoms with Crippen molar-refractivity contribution in [3.05, 3.63) is 95.6 Å². The van der Waals surface area contributed by atoms with Gasteiger partial charge in [-0.2, -0.15) is 0 Å². The van der Waals surface area contributed by atoms with Crippen LogP contribution >= 0.6 is 0 Å². The molecule has 3 N–H and O–H groups in total. The smallest absolute Gasteiger partial charge is 0.408 e. The van der Waals surface area contributed by atoms with Crippen molar-refractivity contribution in [3.63, 3.8) is 0 Å². The number of hydrogen-bond acceptors (Lipinski definition) is 6. The largest absolute Gasteiger partial charge is 0.444 e. The maximum absolute atomic E-state index is 13.5. The Labute approximate surface area is 231 Å². The number of ether oxygens (including phenoxy) is 1. The number of anilines is 2. The number of amides is 5. The van der Waals surface area contributed by atoms with E-state index in [2.05, 4.69) is 16.0 Å². The molecule has 1 unspecified atom stereocenters. The van der Waals surface area contributed by atoms with Gasteiger partial charge in [-0.25, -0.2) is 4.79 Å². The lowest BCUT2D eigenvalue weighted by molar-refractivity contribution is -0.120. The van der Waals surface area contributed by atoms with Gasteiger partial charge >= 0.3 is 6.09 Å². The number of carbonyl (C=O) groups is 5. The fourth-order valence-corrected chi connectivity index (χ4v) is 4.16. The third kappa shape index (κ3) is 6.90. The Hall–Kier alpha value is -4.99. The zero-order valence-electron chi connectivity index (χ0n) is 22.4. The topological polar surface area (TPSA) is 134 Å². The van der Waals surface area contributed by atoms with E-state index in [1.807, 2.05) is 30.3 Å². The van der Waals surface area contributed by atoms with Gasteiger partial charge in [-0.1, -0.05) is 42.5 Å². The summed E-state index contributed by atoms with van der Waals surface area (Å²) >= 11 is 0. The molecule has 3 aromatic carbocycles. The van der Waals surface area contributed by atoms with Gasteiger partial charge in [0, 0.05) is 17.8 Å². The normalized spacial score (nSPS) is 13.3. The quantitative estimate of drug-likeness (QED) is 0.369. The fourth-order valence-electron chi connectivity index (χ4n) is 4.16. The van der Waals surface area contributed by atoms with Crippen LogP contribution in [0.15, 0.2) is 78.9 Å². The van der Waals surface area contributed by atoms with Crippen molar-refractivity contribution >= 4 is 41.1 Å². The van der Waals surface area contributed by atoms with Gasteiger partial charge < -0.3 is 20.7 Å². The van der Waals surface area contributed by atoms with Crippen molar-refractivity contribution in [1.29, 1.82) is 0 Å². The zero-order valence-corrected chi connectivity index (χ0v) is 22.4. The lowest BCUT2D eigenvalue weighted by atomic mass is 10.0. The summed E-state index contributed by atoms with van der Waals surface area (Å²) in [5.41, 5.74) is 1.48. The van der Waals surface area contributed by atoms with Crippen LogP contribution in [-0.4, -0.2) is 52.8 Å². The number of benzene rings is 3. The summed E-state index contributed by atoms with van der Waals surface area (Å²) in [4.78, 5) is 64.7. The minimum atomic E-state index is -1.09. The average molecular weight is 543 g/mol. The first-order valence-corrected chi connectivity index (χ1v) is 12.7. The molecule has 1 aliphatic rings. The number of fused-ring (bicyclic) bond motifs is 1. The Morgan fingerprint density at radius 3 is 1.85 bits per heavy atom. The lowest BCUT2D eigenvalue weighted by Crippen LogP contribution is -2.48. The number of hydrogen-bond donors (Lipinski definition) is 3. The second-order valence-corrected chi connectivity index (χ2v) is 10.2. The van der Waals surface area contributed by atoms with Gasteiger partial charge in [0.2, 0.25) is 11.8 Å². The Bertz CT molecular complexity index is 1400. The molecule has 10 heteroatoms. The molecule has 1 aliphatic heterocycles. The van der Waals surface area contributed by atoms with E-state index >= 15 is 0 Å². The van der Waals surface area contributed by atoms with Gasteiger partial charge in [0.15, 0.2) is 0 Å². The van der Waals surface area contributed by atoms with Crippen LogP contribution in [0.1, 0.15) is 47.1 Å². The molecule has 0 aliphatic carbocycles. The van der Waals surface area contributed by atoms with E-state index in [0.717, 1.165) is 10.5 Å². The number of nitrogens with one attached hydrogen (secondary N) is 3. The molecule has 0 aromatic heterocycles. The summed E-state index contributed by atoms with van der Waals surface area (Å²) in [6.07, 6.45) is -0.569. The Morgan fingerprint density at radius 2 is 1.30 bits per heavy atom. The molecule has 1 heterocycles. The van der Waals surface area contributed by atoms with Crippen molar-refractivity contribution < 1.29 is 28.7 Å². The predicted molar refractivity (Wildman–Crippen MR) is 149 cm³/mol. The van der Waals surface area contributed by atoms with E-state index in [0.29, 0.717) is 11.4 Å². The number of imide groups is 1. The van der Waals surface area contributed by atoms with Crippen LogP contribution in [0.25, 0.3) is 0 Å². The maximum atomic E-state index is 13.5. The molecule has 10 nitrogen and oxygen atoms in total. The molecule has 0 spiro atoms. The first kappa shape index (κ1) is 28.0. The van der Waals surface area contributed by atoms with E-state index in [-0.39, 0.29) is 24.1 Å². The number of carbonyl (C=O) groups excluding carboxylic acids is 5. The lowest BCUT2D eigenvalue weighted by Gasteiger charge is -2.25. The minimum Gasteiger partial charge on any atom is -0.444 e. The van der Waals surface area contributed by atoms with Crippen molar-refractivity contribution in [2.45, 2.75) is 38.8 Å². The van der Waals surface area contributed by atoms with Crippen molar-refractivity contribution in [2.75, 3.05) is 17.2 Å². The van der Waals surface area contributed by atoms with Crippen molar-refractivity contribution in [1.82, 2.24) is 10.2 Å². The van der Waals surface area contributed by atoms with Crippen molar-refractivity contribution in [2.24, 2.45) is 0 Å². The highest BCUT2D eigenvalue weighted by Gasteiger charge is 2.42. The summed E-state index contributed by atoms with van der Waals surface area (Å²) in [5, 5.41) is 7.80. The Kier molecular flexibility index (Phi) is 8.28. The van der Waals surface area contributed by atoms with Crippen LogP contribution < -0.4 is 16.0 Å². The molecule has 4 rings (SSSR count). The highest BCUT2D eigenvalue weighted by atomic mass is 16.6. The average Bonchev–Trinajstić information content (AvgIpc) is 3.16. The summed E-state index contributed by atoms with van der Waals surface area (Å²) in [6.45, 7) is 4.87. The van der Waals surface area contributed by atoms with Crippen LogP contribution in [0.2, 0.25) is 0 Å². The standard InChI is InChI=1S/C30H30N4O6/c1-30(2,3)40-29(39)31-18-25(35)32-20-13-15-21(16-14-20)33-26(36)24(17-19-9-5-4-6-10-19)34-27(37)22-11-7-8-12-23(22)28(34)38/h4-16,24H,17-18H2,1-3H3,(H,31,39)(H,32,35)(H,33,36). The van der Waals surface area contributed by atoms with Crippen LogP contribution in [-0.2, 0) is 20.7 Å². The molecule has 206 valence electrons. The first-order chi connectivity index (χ1) is 19.0. The third-order valence-electron chi connectivity index (χ3n) is 5.94. The van der Waals surface area contributed by atoms with E-state index in [9.17, 15) is 24.0 Å². The summed E-state index contributed by atoms with van der Waals surface area (Å²) in [7, 11) is 0. The monoisotopic (exact) mass is 542 g/mol. The second kappa shape index (κ2) is 11.8. The summed E-state index contributed by atoms with van der Waals surface area (Å²) in [6, 6.07) is 20.9. The van der Waals surface area contributed by atoms with Gasteiger partial charge in [-0.15, -0.1) is 0 Å². The van der Waals surface area contributed by atoms with Gasteiger partial charge in [-0.05, 0) is 62.7 Å². The molecule has 0 radical (unpaired) electrons. The minimum absolute atomic E-state index is 0.136. The maximum Gasteiger partial charge on any atom is 0.408 e. The van der Waals surface area contributed by atoms with Gasteiger partial charge in [-0.3, -0.25) is 24.1 Å². The zero-order chi connectivity index (χ0) is 28.9. The number of nitrogens with zero attached hydrogens (tertiary/aromatic N) is 1. The van der Waals surface area contributed by atoms with E-state index in [1.165, 1.54) is 0 Å². The molecule has 0 bridgehead atoms. The van der Waals surface area contributed by atoms with Crippen molar-refractivity contribution in [3.8, 4) is 0 Å². The SMILES string of the molecule is CC(C)(C)OC(=O)NCC(=O)Nc1ccc(NC(=O)C(Cc2ccccc2)N2C(=O)c3ccccc3C2=O)cc1. The second-order valence-electron chi connectivity index (χ2n) is 10.2. The third-order valence-corrected chi connectivity index (χ3v) is 5.94. The summed E-state index contributed by atoms with van der Waals surface area (Å²) < 4.78 is 5.10. The van der Waals surface area contributed by atoms with Gasteiger partial charge in [0.05, 0.1) is 11.1 Å². The molecule has 5 amide bonds. The molecule has 0 saturated heterocycles. The fraction of sp³-hybridized carbons (Fsp3) is 0.233. The molecular formula is C30H30N4O6. The molecule has 1 atom stereocenters.